The first-order valence-electron chi connectivity index (χ1n) is 7.43. The van der Waals surface area contributed by atoms with Gasteiger partial charge in [-0.2, -0.15) is 0 Å². The number of aliphatic hydroxyl groups excluding tert-OH is 1. The summed E-state index contributed by atoms with van der Waals surface area (Å²) in [6.45, 7) is 0. The van der Waals surface area contributed by atoms with Crippen molar-refractivity contribution in [3.8, 4) is 0 Å². The van der Waals surface area contributed by atoms with E-state index >= 15 is 0 Å². The van der Waals surface area contributed by atoms with Crippen LogP contribution in [0.5, 0.6) is 0 Å². The molecule has 0 aromatic heterocycles. The molecule has 3 rings (SSSR count). The minimum Gasteiger partial charge on any atom is -0.411 e. The van der Waals surface area contributed by atoms with E-state index in [1.165, 1.54) is 0 Å². The van der Waals surface area contributed by atoms with E-state index < -0.39 is 6.10 Å². The number of oxime groups is 1. The molecule has 0 amide bonds. The van der Waals surface area contributed by atoms with Gasteiger partial charge in [-0.3, -0.25) is 0 Å². The van der Waals surface area contributed by atoms with Crippen LogP contribution < -0.4 is 0 Å². The summed E-state index contributed by atoms with van der Waals surface area (Å²) < 4.78 is 0. The predicted molar refractivity (Wildman–Crippen MR) is 84.6 cm³/mol. The Balaban J connectivity index is 1.94. The van der Waals surface area contributed by atoms with Gasteiger partial charge in [0.25, 0.3) is 0 Å². The Labute approximate surface area is 134 Å². The van der Waals surface area contributed by atoms with Crippen LogP contribution in [0.15, 0.2) is 23.4 Å². The Bertz CT molecular complexity index is 569. The molecule has 0 bridgehead atoms. The zero-order valence-electron chi connectivity index (χ0n) is 11.7. The van der Waals surface area contributed by atoms with Crippen LogP contribution in [0.4, 0.5) is 0 Å². The van der Waals surface area contributed by atoms with Crippen LogP contribution in [0.1, 0.15) is 44.1 Å². The highest BCUT2D eigenvalue weighted by atomic mass is 35.5. The Morgan fingerprint density at radius 1 is 1.19 bits per heavy atom. The van der Waals surface area contributed by atoms with Crippen molar-refractivity contribution in [1.29, 1.82) is 0 Å². The van der Waals surface area contributed by atoms with E-state index in [1.807, 2.05) is 12.1 Å². The summed E-state index contributed by atoms with van der Waals surface area (Å²) in [5.41, 5.74) is 1.49. The molecule has 2 aliphatic rings. The number of halogens is 2. The van der Waals surface area contributed by atoms with Crippen LogP contribution >= 0.6 is 23.2 Å². The highest BCUT2D eigenvalue weighted by Gasteiger charge is 2.49. The molecule has 0 spiro atoms. The highest BCUT2D eigenvalue weighted by Crippen LogP contribution is 2.51. The number of nitrogens with zero attached hydrogens (tertiary/aromatic N) is 1. The minimum absolute atomic E-state index is 0.0512. The second-order valence-corrected chi connectivity index (χ2v) is 6.99. The summed E-state index contributed by atoms with van der Waals surface area (Å²) in [5.74, 6) is -0.0512. The maximum absolute atomic E-state index is 11.0. The predicted octanol–water partition coefficient (Wildman–Crippen LogP) is 4.41. The second-order valence-electron chi connectivity index (χ2n) is 6.17. The summed E-state index contributed by atoms with van der Waals surface area (Å²) in [5, 5.41) is 24.5. The molecule has 21 heavy (non-hydrogen) atoms. The van der Waals surface area contributed by atoms with E-state index in [0.717, 1.165) is 49.8 Å². The summed E-state index contributed by atoms with van der Waals surface area (Å²) in [6, 6.07) is 5.62. The van der Waals surface area contributed by atoms with Crippen LogP contribution in [0.3, 0.4) is 0 Å². The number of hydrogen-bond donors (Lipinski definition) is 2. The molecule has 2 atom stereocenters. The third kappa shape index (κ3) is 2.45. The lowest BCUT2D eigenvalue weighted by Gasteiger charge is -2.48. The average molecular weight is 328 g/mol. The molecule has 5 heteroatoms. The third-order valence-corrected chi connectivity index (χ3v) is 5.93. The van der Waals surface area contributed by atoms with Gasteiger partial charge in [0.05, 0.1) is 21.9 Å². The van der Waals surface area contributed by atoms with E-state index in [2.05, 4.69) is 5.16 Å². The smallest absolute Gasteiger partial charge is 0.0718 e. The number of rotatable bonds is 3. The lowest BCUT2D eigenvalue weighted by atomic mass is 9.58. The fourth-order valence-electron chi connectivity index (χ4n) is 3.82. The van der Waals surface area contributed by atoms with Crippen molar-refractivity contribution in [3.05, 3.63) is 33.8 Å². The van der Waals surface area contributed by atoms with Gasteiger partial charge in [0, 0.05) is 11.3 Å². The maximum atomic E-state index is 11.0. The number of benzene rings is 1. The van der Waals surface area contributed by atoms with E-state index in [4.69, 9.17) is 28.4 Å². The molecule has 114 valence electrons. The van der Waals surface area contributed by atoms with Gasteiger partial charge >= 0.3 is 0 Å². The Morgan fingerprint density at radius 2 is 1.95 bits per heavy atom. The minimum atomic E-state index is -0.531. The van der Waals surface area contributed by atoms with Gasteiger partial charge in [0.2, 0.25) is 0 Å². The summed E-state index contributed by atoms with van der Waals surface area (Å²) in [7, 11) is 0. The Hall–Kier alpha value is -0.770. The van der Waals surface area contributed by atoms with Crippen LogP contribution in [0, 0.1) is 5.92 Å². The normalized spacial score (nSPS) is 27.6. The largest absolute Gasteiger partial charge is 0.411 e. The van der Waals surface area contributed by atoms with Crippen LogP contribution in [-0.4, -0.2) is 22.1 Å². The van der Waals surface area contributed by atoms with Gasteiger partial charge in [-0.15, -0.1) is 0 Å². The molecular formula is C16H19Cl2NO2. The molecule has 0 radical (unpaired) electrons. The van der Waals surface area contributed by atoms with Crippen LogP contribution in [0.25, 0.3) is 0 Å². The maximum Gasteiger partial charge on any atom is 0.0718 e. The van der Waals surface area contributed by atoms with Gasteiger partial charge < -0.3 is 10.3 Å². The summed E-state index contributed by atoms with van der Waals surface area (Å²) in [4.78, 5) is 0. The molecule has 0 heterocycles. The highest BCUT2D eigenvalue weighted by molar-refractivity contribution is 6.42. The van der Waals surface area contributed by atoms with Crippen molar-refractivity contribution in [2.24, 2.45) is 11.1 Å². The van der Waals surface area contributed by atoms with Gasteiger partial charge in [0.15, 0.2) is 0 Å². The van der Waals surface area contributed by atoms with E-state index in [0.29, 0.717) is 10.0 Å². The quantitative estimate of drug-likeness (QED) is 0.638. The molecule has 1 aromatic rings. The molecular weight excluding hydrogens is 309 g/mol. The Morgan fingerprint density at radius 3 is 2.52 bits per heavy atom. The van der Waals surface area contributed by atoms with Gasteiger partial charge in [-0.05, 0) is 49.8 Å². The second kappa shape index (κ2) is 5.79. The number of aliphatic hydroxyl groups is 1. The van der Waals surface area contributed by atoms with Crippen LogP contribution in [-0.2, 0) is 5.41 Å². The lowest BCUT2D eigenvalue weighted by molar-refractivity contribution is 0.00422. The third-order valence-electron chi connectivity index (χ3n) is 5.19. The van der Waals surface area contributed by atoms with E-state index in [9.17, 15) is 5.11 Å². The van der Waals surface area contributed by atoms with Crippen molar-refractivity contribution in [2.75, 3.05) is 0 Å². The first kappa shape index (κ1) is 15.1. The van der Waals surface area contributed by atoms with Crippen molar-refractivity contribution < 1.29 is 10.3 Å². The molecule has 2 N–H and O–H groups in total. The van der Waals surface area contributed by atoms with Crippen molar-refractivity contribution in [3.63, 3.8) is 0 Å². The molecule has 2 fully saturated rings. The molecule has 1 unspecified atom stereocenters. The first-order chi connectivity index (χ1) is 10.1. The standard InChI is InChI=1S/C16H19Cl2NO2/c17-12-6-5-10(9-13(12)18)16(7-2-8-16)15(20)11-3-1-4-14(11)19-21/h5-6,9,11,15,20-21H,1-4,7-8H2/t11-,15?/m1/s1. The van der Waals surface area contributed by atoms with E-state index in [-0.39, 0.29) is 11.3 Å². The fraction of sp³-hybridized carbons (Fsp3) is 0.562. The van der Waals surface area contributed by atoms with Gasteiger partial charge in [-0.1, -0.05) is 40.8 Å². The van der Waals surface area contributed by atoms with Crippen molar-refractivity contribution >= 4 is 28.9 Å². The monoisotopic (exact) mass is 327 g/mol. The number of hydrogen-bond acceptors (Lipinski definition) is 3. The molecule has 2 saturated carbocycles. The van der Waals surface area contributed by atoms with E-state index in [1.54, 1.807) is 6.07 Å². The zero-order valence-corrected chi connectivity index (χ0v) is 13.2. The Kier molecular flexibility index (Phi) is 4.17. The summed E-state index contributed by atoms with van der Waals surface area (Å²) in [6.07, 6.45) is 5.05. The first-order valence-corrected chi connectivity index (χ1v) is 8.18. The summed E-state index contributed by atoms with van der Waals surface area (Å²) >= 11 is 12.1. The fourth-order valence-corrected chi connectivity index (χ4v) is 4.12. The molecule has 0 saturated heterocycles. The lowest BCUT2D eigenvalue weighted by Crippen LogP contribution is -2.50. The molecule has 1 aromatic carbocycles. The van der Waals surface area contributed by atoms with Crippen molar-refractivity contribution in [2.45, 2.75) is 50.0 Å². The molecule has 2 aliphatic carbocycles. The average Bonchev–Trinajstić information content (AvgIpc) is 2.89. The van der Waals surface area contributed by atoms with Crippen molar-refractivity contribution in [1.82, 2.24) is 0 Å². The zero-order chi connectivity index (χ0) is 15.0. The van der Waals surface area contributed by atoms with Gasteiger partial charge in [0.1, 0.15) is 0 Å². The van der Waals surface area contributed by atoms with Crippen LogP contribution in [0.2, 0.25) is 10.0 Å². The molecule has 0 aliphatic heterocycles. The topological polar surface area (TPSA) is 52.8 Å². The molecule has 3 nitrogen and oxygen atoms in total. The SMILES string of the molecule is ON=C1CCC[C@H]1C(O)C1(c2ccc(Cl)c(Cl)c2)CCC1. The van der Waals surface area contributed by atoms with Gasteiger partial charge in [-0.25, -0.2) is 0 Å².